The average Bonchev–Trinajstić information content (AvgIpc) is 3.01. The van der Waals surface area contributed by atoms with Crippen molar-refractivity contribution < 1.29 is 22.0 Å². The van der Waals surface area contributed by atoms with Crippen molar-refractivity contribution in [2.45, 2.75) is 12.7 Å². The van der Waals surface area contributed by atoms with Crippen LogP contribution in [0.5, 0.6) is 0 Å². The van der Waals surface area contributed by atoms with E-state index in [0.717, 1.165) is 18.2 Å². The lowest BCUT2D eigenvalue weighted by Crippen LogP contribution is -2.07. The molecule has 148 valence electrons. The summed E-state index contributed by atoms with van der Waals surface area (Å²) < 4.78 is 69.1. The molecule has 0 aliphatic heterocycles. The van der Waals surface area contributed by atoms with E-state index < -0.39 is 23.4 Å². The van der Waals surface area contributed by atoms with Gasteiger partial charge in [0.05, 0.1) is 17.8 Å². The maximum absolute atomic E-state index is 14.2. The van der Waals surface area contributed by atoms with Crippen LogP contribution in [0.15, 0.2) is 60.7 Å². The number of nitrogens with zero attached hydrogens (tertiary/aromatic N) is 2. The van der Waals surface area contributed by atoms with E-state index >= 15 is 0 Å². The summed E-state index contributed by atoms with van der Waals surface area (Å²) in [6, 6.07) is 13.4. The Morgan fingerprint density at radius 1 is 0.931 bits per heavy atom. The standard InChI is InChI=1S/C21H12ClF5N2/c22-14-4-1-3-12(9-14)20-16-5-2-6-17(21(25,26)27)19(16)28-29(20)11-13-7-8-15(23)10-18(13)24/h1-10H,11H2. The van der Waals surface area contributed by atoms with Crippen molar-refractivity contribution in [1.82, 2.24) is 9.78 Å². The summed E-state index contributed by atoms with van der Waals surface area (Å²) in [4.78, 5) is 0. The smallest absolute Gasteiger partial charge is 0.259 e. The minimum absolute atomic E-state index is 0.0936. The molecular weight excluding hydrogens is 411 g/mol. The number of alkyl halides is 3. The first-order valence-corrected chi connectivity index (χ1v) is 8.88. The Morgan fingerprint density at radius 3 is 2.38 bits per heavy atom. The molecule has 8 heteroatoms. The fourth-order valence-electron chi connectivity index (χ4n) is 3.25. The van der Waals surface area contributed by atoms with Gasteiger partial charge in [-0.05, 0) is 24.3 Å². The molecule has 0 saturated heterocycles. The first-order chi connectivity index (χ1) is 13.7. The fraction of sp³-hybridized carbons (Fsp3) is 0.0952. The molecule has 3 aromatic carbocycles. The highest BCUT2D eigenvalue weighted by atomic mass is 35.5. The first kappa shape index (κ1) is 19.4. The van der Waals surface area contributed by atoms with E-state index in [9.17, 15) is 22.0 Å². The zero-order chi connectivity index (χ0) is 20.8. The van der Waals surface area contributed by atoms with E-state index in [1.165, 1.54) is 22.9 Å². The van der Waals surface area contributed by atoms with Crippen molar-refractivity contribution in [3.05, 3.63) is 88.4 Å². The number of halogens is 6. The van der Waals surface area contributed by atoms with Gasteiger partial charge in [0.15, 0.2) is 0 Å². The topological polar surface area (TPSA) is 17.8 Å². The lowest BCUT2D eigenvalue weighted by Gasteiger charge is -2.10. The number of benzene rings is 3. The molecule has 0 N–H and O–H groups in total. The van der Waals surface area contributed by atoms with Crippen LogP contribution in [0.25, 0.3) is 22.2 Å². The summed E-state index contributed by atoms with van der Waals surface area (Å²) in [5.74, 6) is -1.55. The van der Waals surface area contributed by atoms with Crippen LogP contribution >= 0.6 is 11.6 Å². The molecule has 4 rings (SSSR count). The van der Waals surface area contributed by atoms with Crippen molar-refractivity contribution in [3.63, 3.8) is 0 Å². The molecule has 0 atom stereocenters. The van der Waals surface area contributed by atoms with Crippen LogP contribution in [-0.2, 0) is 12.7 Å². The highest BCUT2D eigenvalue weighted by Gasteiger charge is 2.34. The molecule has 0 fully saturated rings. The lowest BCUT2D eigenvalue weighted by atomic mass is 10.0. The van der Waals surface area contributed by atoms with Crippen molar-refractivity contribution in [1.29, 1.82) is 0 Å². The van der Waals surface area contributed by atoms with Crippen LogP contribution in [0.3, 0.4) is 0 Å². The zero-order valence-corrected chi connectivity index (χ0v) is 15.4. The summed E-state index contributed by atoms with van der Waals surface area (Å²) in [6.07, 6.45) is -4.61. The van der Waals surface area contributed by atoms with Crippen molar-refractivity contribution in [2.75, 3.05) is 0 Å². The molecule has 0 spiro atoms. The van der Waals surface area contributed by atoms with Crippen LogP contribution in [0.1, 0.15) is 11.1 Å². The molecule has 0 radical (unpaired) electrons. The van der Waals surface area contributed by atoms with Crippen LogP contribution < -0.4 is 0 Å². The van der Waals surface area contributed by atoms with Gasteiger partial charge in [-0.1, -0.05) is 41.9 Å². The van der Waals surface area contributed by atoms with Crippen molar-refractivity contribution >= 4 is 22.5 Å². The summed E-state index contributed by atoms with van der Waals surface area (Å²) in [5.41, 5.74) is -0.163. The number of hydrogen-bond acceptors (Lipinski definition) is 1. The van der Waals surface area contributed by atoms with Gasteiger partial charge in [0, 0.05) is 27.6 Å². The van der Waals surface area contributed by atoms with Gasteiger partial charge in [0.1, 0.15) is 17.2 Å². The van der Waals surface area contributed by atoms with Crippen LogP contribution in [0.4, 0.5) is 22.0 Å². The third-order valence-electron chi connectivity index (χ3n) is 4.51. The van der Waals surface area contributed by atoms with Gasteiger partial charge in [-0.2, -0.15) is 18.3 Å². The second-order valence-corrected chi connectivity index (χ2v) is 6.89. The molecule has 0 aliphatic rings. The molecular formula is C21H12ClF5N2. The Kier molecular flexibility index (Phi) is 4.78. The minimum Gasteiger partial charge on any atom is -0.259 e. The average molecular weight is 423 g/mol. The van der Waals surface area contributed by atoms with E-state index in [4.69, 9.17) is 11.6 Å². The summed E-state index contributed by atoms with van der Waals surface area (Å²) >= 11 is 6.06. The molecule has 29 heavy (non-hydrogen) atoms. The Bertz CT molecular complexity index is 1210. The van der Waals surface area contributed by atoms with Crippen LogP contribution in [0, 0.1) is 11.6 Å². The lowest BCUT2D eigenvalue weighted by molar-refractivity contribution is -0.136. The second-order valence-electron chi connectivity index (χ2n) is 6.45. The first-order valence-electron chi connectivity index (χ1n) is 8.50. The van der Waals surface area contributed by atoms with Gasteiger partial charge in [-0.3, -0.25) is 4.68 Å². The van der Waals surface area contributed by atoms with Crippen LogP contribution in [0.2, 0.25) is 5.02 Å². The van der Waals surface area contributed by atoms with E-state index in [2.05, 4.69) is 5.10 Å². The monoisotopic (exact) mass is 422 g/mol. The largest absolute Gasteiger partial charge is 0.418 e. The summed E-state index contributed by atoms with van der Waals surface area (Å²) in [7, 11) is 0. The SMILES string of the molecule is Fc1ccc(Cn2nc3c(C(F)(F)F)cccc3c2-c2cccc(Cl)c2)c(F)c1. The molecule has 2 nitrogen and oxygen atoms in total. The van der Waals surface area contributed by atoms with Crippen molar-refractivity contribution in [2.24, 2.45) is 0 Å². The van der Waals surface area contributed by atoms with Gasteiger partial charge < -0.3 is 0 Å². The molecule has 1 heterocycles. The van der Waals surface area contributed by atoms with Crippen molar-refractivity contribution in [3.8, 4) is 11.3 Å². The number of hydrogen-bond donors (Lipinski definition) is 0. The maximum Gasteiger partial charge on any atom is 0.418 e. The Hall–Kier alpha value is -2.93. The zero-order valence-electron chi connectivity index (χ0n) is 14.6. The summed E-state index contributed by atoms with van der Waals surface area (Å²) in [5, 5.41) is 4.78. The minimum atomic E-state index is -4.61. The van der Waals surface area contributed by atoms with Gasteiger partial charge >= 0.3 is 6.18 Å². The van der Waals surface area contributed by atoms with E-state index in [-0.39, 0.29) is 23.0 Å². The molecule has 0 aliphatic carbocycles. The normalized spacial score (nSPS) is 11.9. The van der Waals surface area contributed by atoms with Gasteiger partial charge in [-0.15, -0.1) is 0 Å². The predicted molar refractivity (Wildman–Crippen MR) is 101 cm³/mol. The Balaban J connectivity index is 1.98. The highest BCUT2D eigenvalue weighted by Crippen LogP contribution is 2.38. The van der Waals surface area contributed by atoms with E-state index in [1.54, 1.807) is 24.3 Å². The third kappa shape index (κ3) is 3.70. The number of aromatic nitrogens is 2. The number of fused-ring (bicyclic) bond motifs is 1. The Labute approximate surface area is 167 Å². The highest BCUT2D eigenvalue weighted by molar-refractivity contribution is 6.30. The van der Waals surface area contributed by atoms with Gasteiger partial charge in [0.2, 0.25) is 0 Å². The van der Waals surface area contributed by atoms with Gasteiger partial charge in [0.25, 0.3) is 0 Å². The molecule has 0 bridgehead atoms. The predicted octanol–water partition coefficient (Wildman–Crippen LogP) is 6.70. The van der Waals surface area contributed by atoms with E-state index in [0.29, 0.717) is 16.3 Å². The second kappa shape index (κ2) is 7.15. The molecule has 0 saturated carbocycles. The molecule has 0 amide bonds. The number of rotatable bonds is 3. The maximum atomic E-state index is 14.2. The van der Waals surface area contributed by atoms with Crippen LogP contribution in [-0.4, -0.2) is 9.78 Å². The third-order valence-corrected chi connectivity index (χ3v) is 4.74. The Morgan fingerprint density at radius 2 is 1.69 bits per heavy atom. The molecule has 1 aromatic heterocycles. The molecule has 0 unspecified atom stereocenters. The van der Waals surface area contributed by atoms with E-state index in [1.807, 2.05) is 0 Å². The van der Waals surface area contributed by atoms with Gasteiger partial charge in [-0.25, -0.2) is 8.78 Å². The fourth-order valence-corrected chi connectivity index (χ4v) is 3.44. The quantitative estimate of drug-likeness (QED) is 0.336. The molecule has 4 aromatic rings. The summed E-state index contributed by atoms with van der Waals surface area (Å²) in [6.45, 7) is -0.181.